The lowest BCUT2D eigenvalue weighted by molar-refractivity contribution is -0.133. The number of thioether (sulfide) groups is 1. The molecular weight excluding hydrogens is 1390 g/mol. The number of fused-ring (bicyclic) bond motifs is 3. The lowest BCUT2D eigenvalue weighted by Gasteiger charge is -2.28. The number of nitrogens with one attached hydrogen (secondary N) is 5. The average molecular weight is 1490 g/mol. The predicted octanol–water partition coefficient (Wildman–Crippen LogP) is 17.9. The van der Waals surface area contributed by atoms with E-state index in [4.69, 9.17) is 59.2 Å². The quantitative estimate of drug-likeness (QED) is 0.0266. The third kappa shape index (κ3) is 25.0. The maximum absolute atomic E-state index is 13.5. The zero-order valence-electron chi connectivity index (χ0n) is 54.2. The van der Waals surface area contributed by atoms with Gasteiger partial charge in [0.15, 0.2) is 11.3 Å². The first-order valence-electron chi connectivity index (χ1n) is 33.3. The number of alkyl halides is 2. The normalized spacial score (nSPS) is 15.6. The van der Waals surface area contributed by atoms with Gasteiger partial charge in [-0.1, -0.05) is 239 Å². The Morgan fingerprint density at radius 2 is 0.881 bits per heavy atom. The van der Waals surface area contributed by atoms with Crippen LogP contribution in [0.4, 0.5) is 0 Å². The summed E-state index contributed by atoms with van der Waals surface area (Å²) in [6.45, 7) is 7.50. The van der Waals surface area contributed by atoms with Crippen LogP contribution in [0.5, 0.6) is 0 Å². The highest BCUT2D eigenvalue weighted by Gasteiger charge is 2.31. The lowest BCUT2D eigenvalue weighted by Crippen LogP contribution is -2.38. The zero-order chi connectivity index (χ0) is 68.0. The molecule has 4 aromatic carbocycles. The molecule has 0 bridgehead atoms. The Hall–Kier alpha value is -7.77. The van der Waals surface area contributed by atoms with Crippen molar-refractivity contribution in [3.8, 4) is 0 Å². The van der Waals surface area contributed by atoms with Crippen LogP contribution in [0.3, 0.4) is 0 Å². The molecule has 4 aliphatic rings. The number of aromatic nitrogens is 12. The Balaban J connectivity index is 0.000000228. The van der Waals surface area contributed by atoms with Crippen molar-refractivity contribution in [3.05, 3.63) is 190 Å². The van der Waals surface area contributed by atoms with Crippen molar-refractivity contribution in [2.75, 3.05) is 52.4 Å². The topological polar surface area (TPSA) is 248 Å². The van der Waals surface area contributed by atoms with E-state index in [1.165, 1.54) is 95.4 Å². The monoisotopic (exact) mass is 1490 g/mol. The fourth-order valence-corrected chi connectivity index (χ4v) is 13.8. The summed E-state index contributed by atoms with van der Waals surface area (Å²) in [7, 11) is 0. The van der Waals surface area contributed by atoms with Crippen LogP contribution in [0.2, 0.25) is 0 Å². The molecule has 14 rings (SSSR count). The Kier molecular flexibility index (Phi) is 37.6. The molecule has 4 saturated heterocycles. The number of carbonyl (C=O) groups excluding carboxylic acids is 4. The molecule has 4 fully saturated rings. The highest BCUT2D eigenvalue weighted by Crippen LogP contribution is 2.39. The minimum atomic E-state index is -0.724. The van der Waals surface area contributed by atoms with Crippen molar-refractivity contribution in [2.24, 2.45) is 0 Å². The van der Waals surface area contributed by atoms with Crippen LogP contribution in [0.15, 0.2) is 164 Å². The maximum atomic E-state index is 13.5. The SMILES string of the molecule is C.C.C.C.C1CCCNCC1.O=C(C(Cl)c1ccccc1)N1CCCCCC1.O=C(C(Sc1ncnc2[nH]ncc12)c1ccccc1)N1CCCCCC1.O=C(C(c1ccccc1)n1cnc2[nH]ncc2c1=S)N1CCCCCC1.O=C(Cl)C(Cl)c1ccccc1.S=c1nc[nH]c2[nH]ncc12. The lowest BCUT2D eigenvalue weighted by atomic mass is 10.0. The first-order valence-corrected chi connectivity index (χ1v) is 36.2. The van der Waals surface area contributed by atoms with E-state index < -0.39 is 22.0 Å². The van der Waals surface area contributed by atoms with Crippen molar-refractivity contribution >= 4 is 127 Å². The number of aromatic amines is 4. The molecule has 0 aliphatic carbocycles. The molecule has 0 radical (unpaired) electrons. The number of H-pyrrole nitrogens is 4. The molecule has 10 heterocycles. The van der Waals surface area contributed by atoms with Crippen molar-refractivity contribution < 1.29 is 19.2 Å². The molecule has 4 atom stereocenters. The third-order valence-corrected chi connectivity index (χ3v) is 20.1. The Bertz CT molecular complexity index is 4110. The van der Waals surface area contributed by atoms with Crippen LogP contribution in [0.25, 0.3) is 33.1 Å². The number of carbonyl (C=O) groups is 4. The van der Waals surface area contributed by atoms with E-state index in [0.29, 0.717) is 20.6 Å². The molecule has 5 N–H and O–H groups in total. The number of hydrogen-bond donors (Lipinski definition) is 5. The van der Waals surface area contributed by atoms with Crippen molar-refractivity contribution in [3.63, 3.8) is 0 Å². The number of benzene rings is 4. The number of nitrogens with zero attached hydrogens (tertiary/aromatic N) is 11. The van der Waals surface area contributed by atoms with E-state index in [-0.39, 0.29) is 52.7 Å². The molecule has 0 saturated carbocycles. The van der Waals surface area contributed by atoms with Crippen LogP contribution >= 0.6 is 71.0 Å². The summed E-state index contributed by atoms with van der Waals surface area (Å²) in [5, 5.41) is 24.8. The Morgan fingerprint density at radius 3 is 1.39 bits per heavy atom. The summed E-state index contributed by atoms with van der Waals surface area (Å²) >= 11 is 29.2. The summed E-state index contributed by atoms with van der Waals surface area (Å²) in [6, 6.07) is 37.8. The summed E-state index contributed by atoms with van der Waals surface area (Å²) in [5.74, 6) is 0.303. The van der Waals surface area contributed by atoms with Crippen LogP contribution in [0, 0.1) is 9.28 Å². The van der Waals surface area contributed by atoms with Gasteiger partial charge in [0.05, 0.1) is 47.4 Å². The van der Waals surface area contributed by atoms with Crippen molar-refractivity contribution in [1.29, 1.82) is 0 Å². The van der Waals surface area contributed by atoms with Gasteiger partial charge in [0.2, 0.25) is 23.0 Å². The minimum absolute atomic E-state index is 0. The van der Waals surface area contributed by atoms with E-state index in [2.05, 4.69) is 60.8 Å². The summed E-state index contributed by atoms with van der Waals surface area (Å²) in [4.78, 5) is 75.3. The third-order valence-electron chi connectivity index (χ3n) is 16.9. The molecule has 6 aromatic heterocycles. The standard InChI is InChI=1S/2C19H21N5OS.C14H18ClNO.C8H6Cl2O.C6H13N.C5H4N4S.4CH4/c25-18(23-10-6-1-2-7-11-23)16(14-8-4-3-5-9-14)24-13-20-17-15(19(24)26)12-21-22-17;25-19(24-10-6-1-2-7-11-24)16(14-8-4-3-5-9-14)26-18-15-12-22-23-17(15)20-13-21-18;15-13(12-8-4-3-5-9-12)14(17)16-10-6-1-2-7-11-16;9-7(8(10)11)6-4-2-1-3-5-6;1-2-4-6-7-5-3-1;10-5-3-1-8-9-4(3)6-2-7-5;;;;/h3-5,8-9,12-13,16H,1-2,6-7,10-11H2,(H,21,22);3-5,8-9,12-13,16H,1-2,6-7,10-11H2,(H,20,21,22,23);3-5,8-9,13H,1-2,6-7,10-11H2;1-5,7H;7H,1-6H2;1-2H,(H2,6,7,8,9,10);4*1H4. The molecule has 4 unspecified atom stereocenters. The smallest absolute Gasteiger partial charge is 0.250 e. The molecule has 26 heteroatoms. The van der Waals surface area contributed by atoms with Gasteiger partial charge in [0, 0.05) is 39.3 Å². The fourth-order valence-electron chi connectivity index (χ4n) is 11.6. The predicted molar refractivity (Wildman–Crippen MR) is 417 cm³/mol. The zero-order valence-corrected chi connectivity index (χ0v) is 58.9. The molecular formula is C75H99Cl3N16O4S3. The number of amides is 3. The summed E-state index contributed by atoms with van der Waals surface area (Å²) in [5.41, 5.74) is 5.69. The van der Waals surface area contributed by atoms with Crippen molar-refractivity contribution in [2.45, 2.75) is 160 Å². The van der Waals surface area contributed by atoms with E-state index in [1.807, 2.05) is 124 Å². The van der Waals surface area contributed by atoms with Crippen LogP contribution in [-0.4, -0.2) is 150 Å². The van der Waals surface area contributed by atoms with E-state index in [9.17, 15) is 19.2 Å². The highest BCUT2D eigenvalue weighted by atomic mass is 35.5. The largest absolute Gasteiger partial charge is 0.341 e. The Labute approximate surface area is 624 Å². The fraction of sp³-hybridized carbons (Fsp3) is 0.427. The van der Waals surface area contributed by atoms with Gasteiger partial charge in [-0.25, -0.2) is 19.9 Å². The molecule has 101 heavy (non-hydrogen) atoms. The summed E-state index contributed by atoms with van der Waals surface area (Å²) < 4.78 is 2.94. The molecule has 20 nitrogen and oxygen atoms in total. The molecule has 542 valence electrons. The Morgan fingerprint density at radius 1 is 0.455 bits per heavy atom. The summed E-state index contributed by atoms with van der Waals surface area (Å²) in [6.07, 6.45) is 29.1. The number of rotatable bonds is 11. The van der Waals surface area contributed by atoms with E-state index in [0.717, 1.165) is 127 Å². The number of likely N-dealkylation sites (tertiary alicyclic amines) is 3. The first kappa shape index (κ1) is 83.9. The first-order chi connectivity index (χ1) is 47.5. The average Bonchev–Trinajstić information content (AvgIpc) is 1.77. The van der Waals surface area contributed by atoms with Gasteiger partial charge in [-0.3, -0.25) is 34.5 Å². The molecule has 3 amide bonds. The second-order valence-corrected chi connectivity index (χ2v) is 26.8. The van der Waals surface area contributed by atoms with Gasteiger partial charge < -0.3 is 29.6 Å². The molecule has 10 aromatic rings. The van der Waals surface area contributed by atoms with Crippen LogP contribution in [-0.2, 0) is 19.2 Å². The molecule has 0 spiro atoms. The minimum Gasteiger partial charge on any atom is -0.341 e. The second-order valence-electron chi connectivity index (χ2n) is 23.7. The number of halogens is 3. The highest BCUT2D eigenvalue weighted by molar-refractivity contribution is 8.00. The maximum Gasteiger partial charge on any atom is 0.250 e. The van der Waals surface area contributed by atoms with Gasteiger partial charge >= 0.3 is 0 Å². The second kappa shape index (κ2) is 45.3. The molecule has 4 aliphatic heterocycles. The van der Waals surface area contributed by atoms with Gasteiger partial charge in [0.25, 0.3) is 0 Å². The van der Waals surface area contributed by atoms with Crippen LogP contribution in [0.1, 0.15) is 177 Å². The van der Waals surface area contributed by atoms with Crippen LogP contribution < -0.4 is 5.32 Å². The van der Waals surface area contributed by atoms with Gasteiger partial charge in [-0.05, 0) is 98.3 Å². The van der Waals surface area contributed by atoms with Gasteiger partial charge in [0.1, 0.15) is 48.3 Å². The van der Waals surface area contributed by atoms with Gasteiger partial charge in [-0.2, -0.15) is 15.3 Å². The van der Waals surface area contributed by atoms with E-state index in [1.54, 1.807) is 47.9 Å². The van der Waals surface area contributed by atoms with Crippen molar-refractivity contribution in [1.82, 2.24) is 80.1 Å². The van der Waals surface area contributed by atoms with Gasteiger partial charge in [-0.15, -0.1) is 23.2 Å². The van der Waals surface area contributed by atoms with E-state index >= 15 is 0 Å². The number of hydrogen-bond acceptors (Lipinski definition) is 15.